The van der Waals surface area contributed by atoms with E-state index in [0.717, 1.165) is 0 Å². The molecule has 0 aliphatic rings. The smallest absolute Gasteiger partial charge is 0.0931 e. The summed E-state index contributed by atoms with van der Waals surface area (Å²) in [6.07, 6.45) is 15.6. The van der Waals surface area contributed by atoms with Crippen LogP contribution in [0.5, 0.6) is 0 Å². The second kappa shape index (κ2) is 11.3. The molecule has 0 bridgehead atoms. The van der Waals surface area contributed by atoms with Gasteiger partial charge in [-0.15, -0.1) is 11.3 Å². The van der Waals surface area contributed by atoms with Gasteiger partial charge in [-0.25, -0.2) is 4.98 Å². The molecule has 1 heterocycles. The van der Waals surface area contributed by atoms with Crippen LogP contribution < -0.4 is 0 Å². The topological polar surface area (TPSA) is 12.9 Å². The van der Waals surface area contributed by atoms with E-state index >= 15 is 0 Å². The van der Waals surface area contributed by atoms with Crippen molar-refractivity contribution in [1.82, 2.24) is 4.98 Å². The number of hydrogen-bond donors (Lipinski definition) is 0. The molecule has 1 nitrogen and oxygen atoms in total. The van der Waals surface area contributed by atoms with Gasteiger partial charge in [-0.1, -0.05) is 59.3 Å². The fourth-order valence-electron chi connectivity index (χ4n) is 2.54. The first-order chi connectivity index (χ1) is 9.81. The lowest BCUT2D eigenvalue weighted by Crippen LogP contribution is -1.93. The molecule has 0 aromatic carbocycles. The van der Waals surface area contributed by atoms with E-state index in [1.54, 1.807) is 4.88 Å². The van der Waals surface area contributed by atoms with Crippen molar-refractivity contribution in [3.8, 4) is 0 Å². The summed E-state index contributed by atoms with van der Waals surface area (Å²) in [7, 11) is 0. The Morgan fingerprint density at radius 1 is 0.700 bits per heavy atom. The maximum absolute atomic E-state index is 4.95. The number of nitrogens with zero attached hydrogens (tertiary/aromatic N) is 1. The summed E-state index contributed by atoms with van der Waals surface area (Å²) < 4.78 is 0. The van der Waals surface area contributed by atoms with Crippen molar-refractivity contribution in [1.29, 1.82) is 0 Å². The summed E-state index contributed by atoms with van der Waals surface area (Å²) in [6, 6.07) is 0. The van der Waals surface area contributed by atoms with Crippen molar-refractivity contribution in [2.45, 2.75) is 97.8 Å². The Morgan fingerprint density at radius 2 is 1.25 bits per heavy atom. The van der Waals surface area contributed by atoms with Gasteiger partial charge in [0.15, 0.2) is 0 Å². The summed E-state index contributed by atoms with van der Waals surface area (Å²) in [4.78, 5) is 6.55. The zero-order valence-corrected chi connectivity index (χ0v) is 14.7. The number of thiazole rings is 1. The summed E-state index contributed by atoms with van der Waals surface area (Å²) >= 11 is 2.01. The van der Waals surface area contributed by atoms with Crippen LogP contribution in [0.4, 0.5) is 0 Å². The molecule has 0 atom stereocenters. The molecule has 0 aliphatic carbocycles. The summed E-state index contributed by atoms with van der Waals surface area (Å²) in [5.41, 5.74) is 1.44. The van der Waals surface area contributed by atoms with Crippen LogP contribution in [0.3, 0.4) is 0 Å². The van der Waals surface area contributed by atoms with Crippen LogP contribution in [0.2, 0.25) is 0 Å². The maximum atomic E-state index is 4.95. The van der Waals surface area contributed by atoms with E-state index in [4.69, 9.17) is 4.98 Å². The molecule has 0 saturated carbocycles. The van der Waals surface area contributed by atoms with E-state index in [1.807, 2.05) is 11.3 Å². The van der Waals surface area contributed by atoms with Crippen molar-refractivity contribution in [2.75, 3.05) is 0 Å². The minimum Gasteiger partial charge on any atom is -0.246 e. The number of aryl methyl sites for hydroxylation is 3. The molecule has 116 valence electrons. The molecular formula is C18H33NS. The zero-order chi connectivity index (χ0) is 14.6. The van der Waals surface area contributed by atoms with Gasteiger partial charge in [-0.3, -0.25) is 0 Å². The maximum Gasteiger partial charge on any atom is 0.0931 e. The molecule has 0 radical (unpaired) electrons. The van der Waals surface area contributed by atoms with Crippen LogP contribution in [-0.4, -0.2) is 4.98 Å². The third-order valence-electron chi connectivity index (χ3n) is 3.84. The summed E-state index contributed by atoms with van der Waals surface area (Å²) in [6.45, 7) is 6.83. The largest absolute Gasteiger partial charge is 0.246 e. The standard InChI is InChI=1S/C18H33NS/c1-4-7-10-13-16-17(14-11-8-5-2)20-18(19-16)15-12-9-6-3/h4-15H2,1-3H3. The van der Waals surface area contributed by atoms with Gasteiger partial charge in [0, 0.05) is 4.88 Å². The Bertz CT molecular complexity index is 316. The Balaban J connectivity index is 2.55. The first kappa shape index (κ1) is 17.7. The molecule has 20 heavy (non-hydrogen) atoms. The predicted molar refractivity (Wildman–Crippen MR) is 91.8 cm³/mol. The van der Waals surface area contributed by atoms with E-state index in [9.17, 15) is 0 Å². The average molecular weight is 296 g/mol. The lowest BCUT2D eigenvalue weighted by Gasteiger charge is -2.01. The Hall–Kier alpha value is -0.370. The highest BCUT2D eigenvalue weighted by Crippen LogP contribution is 2.24. The van der Waals surface area contributed by atoms with Crippen molar-refractivity contribution in [3.05, 3.63) is 15.6 Å². The lowest BCUT2D eigenvalue weighted by atomic mass is 10.1. The van der Waals surface area contributed by atoms with Gasteiger partial charge in [-0.2, -0.15) is 0 Å². The van der Waals surface area contributed by atoms with Crippen LogP contribution >= 0.6 is 11.3 Å². The van der Waals surface area contributed by atoms with Gasteiger partial charge in [0.1, 0.15) is 0 Å². The van der Waals surface area contributed by atoms with Crippen LogP contribution in [0.1, 0.15) is 94.1 Å². The van der Waals surface area contributed by atoms with Crippen LogP contribution in [0, 0.1) is 0 Å². The molecule has 1 aromatic rings. The number of hydrogen-bond acceptors (Lipinski definition) is 2. The molecule has 0 amide bonds. The lowest BCUT2D eigenvalue weighted by molar-refractivity contribution is 0.685. The Labute approximate surface area is 130 Å². The van der Waals surface area contributed by atoms with E-state index in [-0.39, 0.29) is 0 Å². The molecule has 0 fully saturated rings. The normalized spacial score (nSPS) is 11.2. The van der Waals surface area contributed by atoms with Crippen molar-refractivity contribution in [3.63, 3.8) is 0 Å². The van der Waals surface area contributed by atoms with Gasteiger partial charge >= 0.3 is 0 Å². The Morgan fingerprint density at radius 3 is 1.85 bits per heavy atom. The number of rotatable bonds is 12. The third kappa shape index (κ3) is 6.88. The second-order valence-electron chi connectivity index (χ2n) is 5.85. The summed E-state index contributed by atoms with van der Waals surface area (Å²) in [5, 5.41) is 1.40. The molecule has 0 saturated heterocycles. The molecule has 0 aliphatic heterocycles. The van der Waals surface area contributed by atoms with E-state index < -0.39 is 0 Å². The molecule has 0 spiro atoms. The van der Waals surface area contributed by atoms with Crippen molar-refractivity contribution < 1.29 is 0 Å². The molecular weight excluding hydrogens is 262 g/mol. The first-order valence-corrected chi connectivity index (χ1v) is 9.60. The van der Waals surface area contributed by atoms with Crippen LogP contribution in [0.15, 0.2) is 0 Å². The van der Waals surface area contributed by atoms with Crippen LogP contribution in [-0.2, 0) is 19.3 Å². The monoisotopic (exact) mass is 295 g/mol. The van der Waals surface area contributed by atoms with Gasteiger partial charge in [0.25, 0.3) is 0 Å². The highest BCUT2D eigenvalue weighted by atomic mass is 32.1. The van der Waals surface area contributed by atoms with Crippen molar-refractivity contribution >= 4 is 11.3 Å². The second-order valence-corrected chi connectivity index (χ2v) is 7.02. The molecule has 0 unspecified atom stereocenters. The number of unbranched alkanes of at least 4 members (excludes halogenated alkanes) is 6. The highest BCUT2D eigenvalue weighted by Gasteiger charge is 2.10. The SMILES string of the molecule is CCCCCc1nc(CCCCC)c(CCCCC)s1. The fourth-order valence-corrected chi connectivity index (χ4v) is 3.74. The fraction of sp³-hybridized carbons (Fsp3) is 0.833. The van der Waals surface area contributed by atoms with E-state index in [1.165, 1.54) is 87.8 Å². The summed E-state index contributed by atoms with van der Waals surface area (Å²) in [5.74, 6) is 0. The number of aromatic nitrogens is 1. The van der Waals surface area contributed by atoms with Gasteiger partial charge < -0.3 is 0 Å². The minimum atomic E-state index is 1.20. The van der Waals surface area contributed by atoms with Crippen LogP contribution in [0.25, 0.3) is 0 Å². The average Bonchev–Trinajstić information content (AvgIpc) is 2.82. The Kier molecular flexibility index (Phi) is 10.00. The molecule has 0 N–H and O–H groups in total. The van der Waals surface area contributed by atoms with Gasteiger partial charge in [-0.05, 0) is 38.5 Å². The predicted octanol–water partition coefficient (Wildman–Crippen LogP) is 6.34. The minimum absolute atomic E-state index is 1.20. The van der Waals surface area contributed by atoms with Gasteiger partial charge in [0.2, 0.25) is 0 Å². The third-order valence-corrected chi connectivity index (χ3v) is 5.06. The van der Waals surface area contributed by atoms with E-state index in [2.05, 4.69) is 20.8 Å². The zero-order valence-electron chi connectivity index (χ0n) is 13.8. The molecule has 1 rings (SSSR count). The van der Waals surface area contributed by atoms with E-state index in [0.29, 0.717) is 0 Å². The molecule has 1 aromatic heterocycles. The quantitative estimate of drug-likeness (QED) is 0.410. The highest BCUT2D eigenvalue weighted by molar-refractivity contribution is 7.11. The van der Waals surface area contributed by atoms with Crippen molar-refractivity contribution in [2.24, 2.45) is 0 Å². The van der Waals surface area contributed by atoms with Gasteiger partial charge in [0.05, 0.1) is 10.7 Å². The first-order valence-electron chi connectivity index (χ1n) is 8.79. The molecule has 2 heteroatoms.